The van der Waals surface area contributed by atoms with E-state index in [4.69, 9.17) is 5.11 Å². The van der Waals surface area contributed by atoms with Gasteiger partial charge >= 0.3 is 5.97 Å². The van der Waals surface area contributed by atoms with Gasteiger partial charge in [0.25, 0.3) is 0 Å². The van der Waals surface area contributed by atoms with Gasteiger partial charge in [-0.3, -0.25) is 9.59 Å². The molecule has 1 aliphatic heterocycles. The lowest BCUT2D eigenvalue weighted by molar-refractivity contribution is -0.149. The first-order valence-electron chi connectivity index (χ1n) is 7.42. The monoisotopic (exact) mass is 326 g/mol. The fraction of sp³-hybridized carbons (Fsp3) is 0.500. The Bertz CT molecular complexity index is 619. The van der Waals surface area contributed by atoms with Crippen molar-refractivity contribution in [3.05, 3.63) is 29.8 Å². The second kappa shape index (κ2) is 6.52. The molecular formula is C16H20F2N2O3. The molecule has 126 valence electrons. The second-order valence-electron chi connectivity index (χ2n) is 6.46. The highest BCUT2D eigenvalue weighted by atomic mass is 19.1. The summed E-state index contributed by atoms with van der Waals surface area (Å²) in [6.45, 7) is 3.92. The first kappa shape index (κ1) is 17.2. The molecule has 2 rings (SSSR count). The van der Waals surface area contributed by atoms with Gasteiger partial charge in [0.15, 0.2) is 0 Å². The molecule has 1 aromatic rings. The van der Waals surface area contributed by atoms with Crippen molar-refractivity contribution in [3.63, 3.8) is 0 Å². The zero-order valence-corrected chi connectivity index (χ0v) is 13.1. The number of anilines is 1. The van der Waals surface area contributed by atoms with E-state index in [1.165, 1.54) is 26.0 Å². The number of carboxylic acids is 1. The Labute approximate surface area is 133 Å². The predicted octanol–water partition coefficient (Wildman–Crippen LogP) is 2.16. The third kappa shape index (κ3) is 4.18. The van der Waals surface area contributed by atoms with Crippen molar-refractivity contribution in [2.24, 2.45) is 5.41 Å². The van der Waals surface area contributed by atoms with Crippen LogP contribution in [0.1, 0.15) is 26.7 Å². The van der Waals surface area contributed by atoms with Gasteiger partial charge < -0.3 is 15.3 Å². The molecule has 1 aliphatic rings. The molecule has 5 nitrogen and oxygen atoms in total. The lowest BCUT2D eigenvalue weighted by Crippen LogP contribution is -2.40. The smallest absolute Gasteiger partial charge is 0.309 e. The number of carbonyl (C=O) groups is 2. The zero-order chi connectivity index (χ0) is 17.2. The summed E-state index contributed by atoms with van der Waals surface area (Å²) in [5, 5.41) is 11.8. The SMILES string of the molecule is CC(C)(CC(=O)N[C@@H]1CCN(c2ccc(F)cc2F)C1)C(=O)O. The van der Waals surface area contributed by atoms with Crippen LogP contribution in [0, 0.1) is 17.0 Å². The largest absolute Gasteiger partial charge is 0.481 e. The second-order valence-corrected chi connectivity index (χ2v) is 6.46. The van der Waals surface area contributed by atoms with Gasteiger partial charge in [-0.25, -0.2) is 8.78 Å². The van der Waals surface area contributed by atoms with Crippen LogP contribution in [0.25, 0.3) is 0 Å². The summed E-state index contributed by atoms with van der Waals surface area (Å²) in [6.07, 6.45) is 0.500. The summed E-state index contributed by atoms with van der Waals surface area (Å²) >= 11 is 0. The molecule has 0 unspecified atom stereocenters. The van der Waals surface area contributed by atoms with Gasteiger partial charge in [-0.1, -0.05) is 0 Å². The van der Waals surface area contributed by atoms with E-state index in [1.54, 1.807) is 4.90 Å². The maximum Gasteiger partial charge on any atom is 0.309 e. The molecule has 0 aromatic heterocycles. The van der Waals surface area contributed by atoms with E-state index in [1.807, 2.05) is 0 Å². The summed E-state index contributed by atoms with van der Waals surface area (Å²) < 4.78 is 26.7. The zero-order valence-electron chi connectivity index (χ0n) is 13.1. The van der Waals surface area contributed by atoms with Crippen molar-refractivity contribution in [2.45, 2.75) is 32.7 Å². The summed E-state index contributed by atoms with van der Waals surface area (Å²) in [7, 11) is 0. The highest BCUT2D eigenvalue weighted by molar-refractivity contribution is 5.84. The highest BCUT2D eigenvalue weighted by Crippen LogP contribution is 2.25. The number of aliphatic carboxylic acids is 1. The van der Waals surface area contributed by atoms with E-state index in [2.05, 4.69) is 5.32 Å². The average molecular weight is 326 g/mol. The van der Waals surface area contributed by atoms with E-state index in [9.17, 15) is 18.4 Å². The molecule has 7 heteroatoms. The van der Waals surface area contributed by atoms with E-state index in [0.29, 0.717) is 25.2 Å². The van der Waals surface area contributed by atoms with Gasteiger partial charge in [0.1, 0.15) is 11.6 Å². The minimum atomic E-state index is -1.13. The average Bonchev–Trinajstić information content (AvgIpc) is 2.85. The van der Waals surface area contributed by atoms with Crippen LogP contribution in [0.5, 0.6) is 0 Å². The maximum absolute atomic E-state index is 13.8. The van der Waals surface area contributed by atoms with Crippen molar-refractivity contribution in [3.8, 4) is 0 Å². The molecule has 1 atom stereocenters. The normalized spacial score (nSPS) is 18.1. The van der Waals surface area contributed by atoms with Crippen molar-refractivity contribution in [1.29, 1.82) is 0 Å². The molecule has 1 fully saturated rings. The van der Waals surface area contributed by atoms with E-state index >= 15 is 0 Å². The molecule has 1 amide bonds. The van der Waals surface area contributed by atoms with Gasteiger partial charge in [-0.15, -0.1) is 0 Å². The lowest BCUT2D eigenvalue weighted by Gasteiger charge is -2.21. The number of nitrogens with zero attached hydrogens (tertiary/aromatic N) is 1. The summed E-state index contributed by atoms with van der Waals surface area (Å²) in [5.74, 6) is -2.65. The van der Waals surface area contributed by atoms with Crippen molar-refractivity contribution in [2.75, 3.05) is 18.0 Å². The third-order valence-corrected chi connectivity index (χ3v) is 3.99. The Hall–Kier alpha value is -2.18. The molecule has 0 bridgehead atoms. The highest BCUT2D eigenvalue weighted by Gasteiger charge is 2.32. The van der Waals surface area contributed by atoms with Crippen molar-refractivity contribution in [1.82, 2.24) is 5.32 Å². The Morgan fingerprint density at radius 3 is 2.70 bits per heavy atom. The number of carbonyl (C=O) groups excluding carboxylic acids is 1. The van der Waals surface area contributed by atoms with Gasteiger partial charge in [0, 0.05) is 31.6 Å². The summed E-state index contributed by atoms with van der Waals surface area (Å²) in [6, 6.07) is 3.22. The van der Waals surface area contributed by atoms with Crippen LogP contribution < -0.4 is 10.2 Å². The Kier molecular flexibility index (Phi) is 4.87. The van der Waals surface area contributed by atoms with Gasteiger partial charge in [-0.2, -0.15) is 0 Å². The Morgan fingerprint density at radius 1 is 1.39 bits per heavy atom. The van der Waals surface area contributed by atoms with Crippen LogP contribution in [-0.4, -0.2) is 36.1 Å². The first-order valence-corrected chi connectivity index (χ1v) is 7.42. The van der Waals surface area contributed by atoms with E-state index < -0.39 is 23.0 Å². The number of rotatable bonds is 5. The number of benzene rings is 1. The van der Waals surface area contributed by atoms with E-state index in [-0.39, 0.29) is 18.4 Å². The molecular weight excluding hydrogens is 306 g/mol. The molecule has 2 N–H and O–H groups in total. The Balaban J connectivity index is 1.93. The minimum absolute atomic E-state index is 0.121. The molecule has 23 heavy (non-hydrogen) atoms. The van der Waals surface area contributed by atoms with Crippen LogP contribution in [0.3, 0.4) is 0 Å². The molecule has 1 heterocycles. The maximum atomic E-state index is 13.8. The summed E-state index contributed by atoms with van der Waals surface area (Å²) in [5.41, 5.74) is -0.833. The molecule has 1 saturated heterocycles. The Morgan fingerprint density at radius 2 is 2.09 bits per heavy atom. The van der Waals surface area contributed by atoms with Gasteiger partial charge in [-0.05, 0) is 32.4 Å². The van der Waals surface area contributed by atoms with Crippen LogP contribution in [0.4, 0.5) is 14.5 Å². The number of amides is 1. The van der Waals surface area contributed by atoms with Gasteiger partial charge in [0.2, 0.25) is 5.91 Å². The first-order chi connectivity index (χ1) is 10.7. The quantitative estimate of drug-likeness (QED) is 0.870. The van der Waals surface area contributed by atoms with E-state index in [0.717, 1.165) is 6.07 Å². The number of carboxylic acid groups (broad SMARTS) is 1. The fourth-order valence-corrected chi connectivity index (χ4v) is 2.59. The predicted molar refractivity (Wildman–Crippen MR) is 81.2 cm³/mol. The molecule has 0 saturated carbocycles. The molecule has 0 aliphatic carbocycles. The van der Waals surface area contributed by atoms with Crippen molar-refractivity contribution >= 4 is 17.6 Å². The van der Waals surface area contributed by atoms with Gasteiger partial charge in [0.05, 0.1) is 11.1 Å². The number of halogens is 2. The standard InChI is InChI=1S/C16H20F2N2O3/c1-16(2,15(22)23)8-14(21)19-11-5-6-20(9-11)13-4-3-10(17)7-12(13)18/h3-4,7,11H,5-6,8-9H2,1-2H3,(H,19,21)(H,22,23)/t11-/m1/s1. The molecule has 1 aromatic carbocycles. The lowest BCUT2D eigenvalue weighted by atomic mass is 9.89. The minimum Gasteiger partial charge on any atom is -0.481 e. The fourth-order valence-electron chi connectivity index (χ4n) is 2.59. The molecule has 0 spiro atoms. The van der Waals surface area contributed by atoms with Crippen LogP contribution in [-0.2, 0) is 9.59 Å². The number of hydrogen-bond donors (Lipinski definition) is 2. The topological polar surface area (TPSA) is 69.6 Å². The van der Waals surface area contributed by atoms with Crippen LogP contribution >= 0.6 is 0 Å². The van der Waals surface area contributed by atoms with Crippen LogP contribution in [0.2, 0.25) is 0 Å². The van der Waals surface area contributed by atoms with Crippen LogP contribution in [0.15, 0.2) is 18.2 Å². The molecule has 0 radical (unpaired) electrons. The number of nitrogens with one attached hydrogen (secondary N) is 1. The number of hydrogen-bond acceptors (Lipinski definition) is 3. The van der Waals surface area contributed by atoms with Crippen molar-refractivity contribution < 1.29 is 23.5 Å². The third-order valence-electron chi connectivity index (χ3n) is 3.99. The summed E-state index contributed by atoms with van der Waals surface area (Å²) in [4.78, 5) is 24.7.